The van der Waals surface area contributed by atoms with Gasteiger partial charge in [0.25, 0.3) is 0 Å². The van der Waals surface area contributed by atoms with Crippen molar-refractivity contribution in [3.63, 3.8) is 0 Å². The van der Waals surface area contributed by atoms with Crippen LogP contribution in [0.1, 0.15) is 23.6 Å². The van der Waals surface area contributed by atoms with E-state index in [9.17, 15) is 0 Å². The van der Waals surface area contributed by atoms with E-state index in [4.69, 9.17) is 0 Å². The maximum absolute atomic E-state index is 3.57. The minimum atomic E-state index is 0.867. The van der Waals surface area contributed by atoms with Crippen LogP contribution in [0.25, 0.3) is 0 Å². The Morgan fingerprint density at radius 2 is 1.84 bits per heavy atom. The lowest BCUT2D eigenvalue weighted by molar-refractivity contribution is 1.08. The van der Waals surface area contributed by atoms with Crippen LogP contribution in [0.4, 0.5) is 5.69 Å². The maximum atomic E-state index is 3.57. The van der Waals surface area contributed by atoms with E-state index in [2.05, 4.69) is 94.1 Å². The van der Waals surface area contributed by atoms with Crippen molar-refractivity contribution in [3.8, 4) is 0 Å². The van der Waals surface area contributed by atoms with Gasteiger partial charge in [0, 0.05) is 20.3 Å². The monoisotopic (exact) mass is 429 g/mol. The predicted molar refractivity (Wildman–Crippen MR) is 94.7 cm³/mol. The number of anilines is 1. The topological polar surface area (TPSA) is 12.0 Å². The minimum Gasteiger partial charge on any atom is -0.381 e. The number of nitrogens with one attached hydrogen (secondary N) is 1. The van der Waals surface area contributed by atoms with E-state index in [0.29, 0.717) is 0 Å². The third-order valence-corrected chi connectivity index (χ3v) is 4.32. The minimum absolute atomic E-state index is 0.867. The summed E-state index contributed by atoms with van der Waals surface area (Å²) in [5.74, 6) is 0. The Balaban J connectivity index is 2.17. The number of hydrogen-bond donors (Lipinski definition) is 1. The predicted octanol–water partition coefficient (Wildman–Crippen LogP) is 5.54. The van der Waals surface area contributed by atoms with Crippen LogP contribution in [0, 0.1) is 10.5 Å². The summed E-state index contributed by atoms with van der Waals surface area (Å²) in [6, 6.07) is 13.0. The molecule has 0 amide bonds. The van der Waals surface area contributed by atoms with Gasteiger partial charge < -0.3 is 5.32 Å². The summed E-state index contributed by atoms with van der Waals surface area (Å²) in [4.78, 5) is 0. The number of aryl methyl sites for hydroxylation is 2. The van der Waals surface area contributed by atoms with Gasteiger partial charge in [-0.25, -0.2) is 0 Å². The largest absolute Gasteiger partial charge is 0.381 e. The molecular weight excluding hydrogens is 413 g/mol. The molecule has 0 aliphatic heterocycles. The SMILES string of the molecule is CCc1cc(Br)cc(C)c1NCc1ccc(I)cc1. The number of halogens is 2. The number of hydrogen-bond acceptors (Lipinski definition) is 1. The van der Waals surface area contributed by atoms with Crippen LogP contribution in [-0.4, -0.2) is 0 Å². The lowest BCUT2D eigenvalue weighted by Crippen LogP contribution is -2.04. The van der Waals surface area contributed by atoms with Crippen LogP contribution in [0.15, 0.2) is 40.9 Å². The van der Waals surface area contributed by atoms with Crippen LogP contribution in [0.3, 0.4) is 0 Å². The van der Waals surface area contributed by atoms with Crippen molar-refractivity contribution in [2.75, 3.05) is 5.32 Å². The summed E-state index contributed by atoms with van der Waals surface area (Å²) in [7, 11) is 0. The van der Waals surface area contributed by atoms with Crippen molar-refractivity contribution in [3.05, 3.63) is 61.1 Å². The Kier molecular flexibility index (Phi) is 5.28. The molecule has 2 rings (SSSR count). The quantitative estimate of drug-likeness (QED) is 0.629. The first-order valence-electron chi connectivity index (χ1n) is 6.37. The second kappa shape index (κ2) is 6.75. The lowest BCUT2D eigenvalue weighted by atomic mass is 10.1. The van der Waals surface area contributed by atoms with E-state index < -0.39 is 0 Å². The molecule has 0 unspecified atom stereocenters. The zero-order chi connectivity index (χ0) is 13.8. The Bertz CT molecular complexity index is 564. The van der Waals surface area contributed by atoms with Gasteiger partial charge in [-0.05, 0) is 76.9 Å². The molecule has 100 valence electrons. The van der Waals surface area contributed by atoms with Crippen molar-refractivity contribution in [1.82, 2.24) is 0 Å². The van der Waals surface area contributed by atoms with Crippen LogP contribution in [0.5, 0.6) is 0 Å². The van der Waals surface area contributed by atoms with E-state index in [0.717, 1.165) is 17.4 Å². The van der Waals surface area contributed by atoms with Gasteiger partial charge in [0.15, 0.2) is 0 Å². The lowest BCUT2D eigenvalue weighted by Gasteiger charge is -2.15. The molecular formula is C16H17BrIN. The molecule has 0 atom stereocenters. The summed E-state index contributed by atoms with van der Waals surface area (Å²) in [6.07, 6.45) is 1.04. The Hall–Kier alpha value is -0.550. The van der Waals surface area contributed by atoms with E-state index in [1.54, 1.807) is 0 Å². The molecule has 0 saturated heterocycles. The molecule has 1 N–H and O–H groups in total. The zero-order valence-electron chi connectivity index (χ0n) is 11.1. The zero-order valence-corrected chi connectivity index (χ0v) is 14.9. The Labute approximate surface area is 137 Å². The fourth-order valence-electron chi connectivity index (χ4n) is 2.14. The summed E-state index contributed by atoms with van der Waals surface area (Å²) >= 11 is 5.89. The molecule has 0 saturated carbocycles. The highest BCUT2D eigenvalue weighted by Crippen LogP contribution is 2.26. The first-order valence-corrected chi connectivity index (χ1v) is 8.24. The number of rotatable bonds is 4. The van der Waals surface area contributed by atoms with Gasteiger partial charge >= 0.3 is 0 Å². The van der Waals surface area contributed by atoms with Crippen LogP contribution in [-0.2, 0) is 13.0 Å². The fraction of sp³-hybridized carbons (Fsp3) is 0.250. The van der Waals surface area contributed by atoms with Crippen LogP contribution >= 0.6 is 38.5 Å². The second-order valence-electron chi connectivity index (χ2n) is 4.59. The number of benzene rings is 2. The van der Waals surface area contributed by atoms with Gasteiger partial charge in [0.1, 0.15) is 0 Å². The molecule has 0 bridgehead atoms. The van der Waals surface area contributed by atoms with Gasteiger partial charge in [-0.1, -0.05) is 35.0 Å². The molecule has 0 aromatic heterocycles. The van der Waals surface area contributed by atoms with E-state index in [1.165, 1.54) is 25.9 Å². The van der Waals surface area contributed by atoms with Gasteiger partial charge in [-0.2, -0.15) is 0 Å². The van der Waals surface area contributed by atoms with Gasteiger partial charge in [-0.15, -0.1) is 0 Å². The smallest absolute Gasteiger partial charge is 0.0405 e. The molecule has 0 fully saturated rings. The molecule has 0 aliphatic rings. The van der Waals surface area contributed by atoms with E-state index in [1.807, 2.05) is 0 Å². The summed E-state index contributed by atoms with van der Waals surface area (Å²) in [5.41, 5.74) is 5.23. The average molecular weight is 430 g/mol. The van der Waals surface area contributed by atoms with Crippen molar-refractivity contribution in [2.45, 2.75) is 26.8 Å². The van der Waals surface area contributed by atoms with Crippen molar-refractivity contribution >= 4 is 44.2 Å². The molecule has 0 spiro atoms. The van der Waals surface area contributed by atoms with Crippen molar-refractivity contribution < 1.29 is 0 Å². The van der Waals surface area contributed by atoms with Gasteiger partial charge in [0.05, 0.1) is 0 Å². The fourth-order valence-corrected chi connectivity index (χ4v) is 3.12. The standard InChI is InChI=1S/C16H17BrIN/c1-3-13-9-14(17)8-11(2)16(13)19-10-12-4-6-15(18)7-5-12/h4-9,19H,3,10H2,1-2H3. The summed E-state index contributed by atoms with van der Waals surface area (Å²) in [6.45, 7) is 5.21. The molecule has 2 aromatic carbocycles. The highest BCUT2D eigenvalue weighted by Gasteiger charge is 2.06. The van der Waals surface area contributed by atoms with Crippen molar-refractivity contribution in [1.29, 1.82) is 0 Å². The molecule has 0 aliphatic carbocycles. The maximum Gasteiger partial charge on any atom is 0.0405 e. The molecule has 19 heavy (non-hydrogen) atoms. The summed E-state index contributed by atoms with van der Waals surface area (Å²) in [5, 5.41) is 3.57. The molecule has 2 aromatic rings. The van der Waals surface area contributed by atoms with Gasteiger partial charge in [0.2, 0.25) is 0 Å². The van der Waals surface area contributed by atoms with Gasteiger partial charge in [-0.3, -0.25) is 0 Å². The molecule has 1 nitrogen and oxygen atoms in total. The highest BCUT2D eigenvalue weighted by atomic mass is 127. The van der Waals surface area contributed by atoms with Crippen molar-refractivity contribution in [2.24, 2.45) is 0 Å². The summed E-state index contributed by atoms with van der Waals surface area (Å²) < 4.78 is 2.43. The molecule has 3 heteroatoms. The second-order valence-corrected chi connectivity index (χ2v) is 6.75. The molecule has 0 heterocycles. The third kappa shape index (κ3) is 3.96. The normalized spacial score (nSPS) is 10.5. The van der Waals surface area contributed by atoms with E-state index in [-0.39, 0.29) is 0 Å². The Morgan fingerprint density at radius 3 is 2.47 bits per heavy atom. The molecule has 0 radical (unpaired) electrons. The average Bonchev–Trinajstić information content (AvgIpc) is 2.39. The first-order chi connectivity index (χ1) is 9.10. The third-order valence-electron chi connectivity index (χ3n) is 3.15. The van der Waals surface area contributed by atoms with Crippen LogP contribution in [0.2, 0.25) is 0 Å². The first kappa shape index (κ1) is 14.9. The Morgan fingerprint density at radius 1 is 1.16 bits per heavy atom. The van der Waals surface area contributed by atoms with E-state index >= 15 is 0 Å². The highest BCUT2D eigenvalue weighted by molar-refractivity contribution is 14.1. The van der Waals surface area contributed by atoms with Crippen LogP contribution < -0.4 is 5.32 Å².